The summed E-state index contributed by atoms with van der Waals surface area (Å²) in [6.45, 7) is 3.33. The van der Waals surface area contributed by atoms with Gasteiger partial charge < -0.3 is 15.2 Å². The van der Waals surface area contributed by atoms with Gasteiger partial charge in [0.2, 0.25) is 0 Å². The zero-order valence-electron chi connectivity index (χ0n) is 13.1. The molecule has 2 aliphatic rings. The molecule has 2 aliphatic heterocycles. The summed E-state index contributed by atoms with van der Waals surface area (Å²) in [7, 11) is 0. The average Bonchev–Trinajstić information content (AvgIpc) is 2.76. The number of carboxylic acids is 1. The molecule has 1 aromatic rings. The average molecular weight is 318 g/mol. The van der Waals surface area contributed by atoms with E-state index in [9.17, 15) is 9.59 Å². The first-order valence-corrected chi connectivity index (χ1v) is 8.04. The van der Waals surface area contributed by atoms with Gasteiger partial charge in [-0.1, -0.05) is 24.3 Å². The van der Waals surface area contributed by atoms with E-state index in [1.54, 1.807) is 0 Å². The molecule has 6 heteroatoms. The number of aliphatic carboxylic acids is 1. The van der Waals surface area contributed by atoms with Gasteiger partial charge in [-0.05, 0) is 30.5 Å². The second-order valence-electron chi connectivity index (χ2n) is 6.44. The van der Waals surface area contributed by atoms with Crippen LogP contribution in [0.3, 0.4) is 0 Å². The largest absolute Gasteiger partial charge is 0.481 e. The fraction of sp³-hybridized carbons (Fsp3) is 0.529. The minimum absolute atomic E-state index is 0.0604. The Morgan fingerprint density at radius 2 is 1.96 bits per heavy atom. The van der Waals surface area contributed by atoms with Crippen LogP contribution in [0.5, 0.6) is 0 Å². The van der Waals surface area contributed by atoms with Crippen molar-refractivity contribution in [2.75, 3.05) is 19.6 Å². The van der Waals surface area contributed by atoms with Gasteiger partial charge in [0.25, 0.3) is 0 Å². The summed E-state index contributed by atoms with van der Waals surface area (Å²) >= 11 is 0. The molecule has 2 fully saturated rings. The zero-order chi connectivity index (χ0) is 16.3. The van der Waals surface area contributed by atoms with E-state index in [0.29, 0.717) is 6.54 Å². The van der Waals surface area contributed by atoms with Crippen LogP contribution in [0, 0.1) is 0 Å². The predicted octanol–water partition coefficient (Wildman–Crippen LogP) is 1.78. The number of carboxylic acid groups (broad SMARTS) is 1. The maximum absolute atomic E-state index is 11.3. The Labute approximate surface area is 135 Å². The number of rotatable bonds is 4. The third-order valence-electron chi connectivity index (χ3n) is 4.64. The molecule has 0 bridgehead atoms. The third-order valence-corrected chi connectivity index (χ3v) is 4.64. The van der Waals surface area contributed by atoms with E-state index < -0.39 is 5.97 Å². The van der Waals surface area contributed by atoms with Crippen molar-refractivity contribution in [2.24, 2.45) is 0 Å². The number of carbonyl (C=O) groups excluding carboxylic acids is 1. The summed E-state index contributed by atoms with van der Waals surface area (Å²) in [4.78, 5) is 24.4. The molecule has 0 aromatic heterocycles. The Balaban J connectivity index is 1.56. The Morgan fingerprint density at radius 3 is 2.61 bits per heavy atom. The summed E-state index contributed by atoms with van der Waals surface area (Å²) in [6, 6.07) is 7.75. The van der Waals surface area contributed by atoms with Crippen LogP contribution in [0.25, 0.3) is 0 Å². The molecule has 1 unspecified atom stereocenters. The lowest BCUT2D eigenvalue weighted by Gasteiger charge is -2.25. The van der Waals surface area contributed by atoms with Gasteiger partial charge in [-0.2, -0.15) is 0 Å². The van der Waals surface area contributed by atoms with Gasteiger partial charge >= 0.3 is 12.1 Å². The molecule has 1 atom stereocenters. The van der Waals surface area contributed by atoms with Crippen molar-refractivity contribution in [1.82, 2.24) is 10.2 Å². The normalized spacial score (nSPS) is 25.0. The van der Waals surface area contributed by atoms with Crippen molar-refractivity contribution in [3.8, 4) is 0 Å². The van der Waals surface area contributed by atoms with E-state index in [1.807, 2.05) is 24.3 Å². The second kappa shape index (κ2) is 6.58. The number of hydrogen-bond donors (Lipinski definition) is 2. The molecule has 2 N–H and O–H groups in total. The Morgan fingerprint density at radius 1 is 1.22 bits per heavy atom. The molecule has 23 heavy (non-hydrogen) atoms. The van der Waals surface area contributed by atoms with Gasteiger partial charge in [0.1, 0.15) is 5.60 Å². The van der Waals surface area contributed by atoms with Gasteiger partial charge in [-0.3, -0.25) is 9.69 Å². The summed E-state index contributed by atoms with van der Waals surface area (Å²) in [5.41, 5.74) is 1.67. The number of likely N-dealkylation sites (tertiary alicyclic amines) is 1. The number of benzene rings is 1. The highest BCUT2D eigenvalue weighted by Crippen LogP contribution is 2.29. The smallest absolute Gasteiger partial charge is 0.407 e. The topological polar surface area (TPSA) is 78.9 Å². The maximum Gasteiger partial charge on any atom is 0.407 e. The van der Waals surface area contributed by atoms with Crippen molar-refractivity contribution >= 4 is 12.1 Å². The first kappa shape index (κ1) is 15.8. The lowest BCUT2D eigenvalue weighted by molar-refractivity contribution is -0.136. The summed E-state index contributed by atoms with van der Waals surface area (Å²) in [6.07, 6.45) is 2.52. The van der Waals surface area contributed by atoms with E-state index in [0.717, 1.165) is 44.5 Å². The van der Waals surface area contributed by atoms with Crippen LogP contribution in [0.4, 0.5) is 4.79 Å². The van der Waals surface area contributed by atoms with Crippen LogP contribution in [-0.4, -0.2) is 47.3 Å². The van der Waals surface area contributed by atoms with Crippen LogP contribution in [0.15, 0.2) is 24.3 Å². The maximum atomic E-state index is 11.3. The number of nitrogens with zero attached hydrogens (tertiary/aromatic N) is 1. The van der Waals surface area contributed by atoms with Gasteiger partial charge in [0.15, 0.2) is 0 Å². The molecule has 2 heterocycles. The monoisotopic (exact) mass is 318 g/mol. The minimum atomic E-state index is -0.810. The summed E-state index contributed by atoms with van der Waals surface area (Å²) < 4.78 is 5.49. The van der Waals surface area contributed by atoms with Crippen molar-refractivity contribution < 1.29 is 19.4 Å². The van der Waals surface area contributed by atoms with Crippen LogP contribution < -0.4 is 5.32 Å². The molecule has 2 saturated heterocycles. The van der Waals surface area contributed by atoms with E-state index >= 15 is 0 Å². The SMILES string of the molecule is O=C(O)Cc1ccc(CN2CCCC3(CC2)CNC(=O)O3)cc1. The molecule has 1 spiro atoms. The summed E-state index contributed by atoms with van der Waals surface area (Å²) in [5, 5.41) is 11.6. The van der Waals surface area contributed by atoms with Crippen molar-refractivity contribution in [1.29, 1.82) is 0 Å². The highest BCUT2D eigenvalue weighted by molar-refractivity contribution is 5.70. The van der Waals surface area contributed by atoms with Crippen LogP contribution >= 0.6 is 0 Å². The lowest BCUT2D eigenvalue weighted by atomic mass is 9.95. The number of ether oxygens (including phenoxy) is 1. The van der Waals surface area contributed by atoms with Crippen LogP contribution in [0.2, 0.25) is 0 Å². The van der Waals surface area contributed by atoms with E-state index in [2.05, 4.69) is 10.2 Å². The number of amides is 1. The van der Waals surface area contributed by atoms with Crippen molar-refractivity contribution in [3.05, 3.63) is 35.4 Å². The van der Waals surface area contributed by atoms with Crippen LogP contribution in [0.1, 0.15) is 30.4 Å². The summed E-state index contributed by atoms with van der Waals surface area (Å²) in [5.74, 6) is -0.810. The van der Waals surface area contributed by atoms with E-state index in [1.165, 1.54) is 5.56 Å². The standard InChI is InChI=1S/C17H22N2O4/c20-15(21)10-13-2-4-14(5-3-13)11-19-8-1-6-17(7-9-19)12-18-16(22)23-17/h2-5H,1,6-12H2,(H,18,22)(H,20,21). The predicted molar refractivity (Wildman–Crippen MR) is 84.1 cm³/mol. The fourth-order valence-electron chi connectivity index (χ4n) is 3.36. The quantitative estimate of drug-likeness (QED) is 0.885. The Hall–Kier alpha value is -2.08. The van der Waals surface area contributed by atoms with Gasteiger partial charge in [0.05, 0.1) is 13.0 Å². The van der Waals surface area contributed by atoms with E-state index in [-0.39, 0.29) is 18.1 Å². The molecule has 3 rings (SSSR count). The molecule has 0 radical (unpaired) electrons. The molecule has 124 valence electrons. The second-order valence-corrected chi connectivity index (χ2v) is 6.44. The number of hydrogen-bond acceptors (Lipinski definition) is 4. The van der Waals surface area contributed by atoms with Gasteiger partial charge in [-0.25, -0.2) is 4.79 Å². The minimum Gasteiger partial charge on any atom is -0.481 e. The zero-order valence-corrected chi connectivity index (χ0v) is 13.1. The van der Waals surface area contributed by atoms with Gasteiger partial charge in [0, 0.05) is 19.5 Å². The molecule has 1 amide bonds. The third kappa shape index (κ3) is 4.01. The van der Waals surface area contributed by atoms with Crippen molar-refractivity contribution in [2.45, 2.75) is 37.8 Å². The molecular formula is C17H22N2O4. The fourth-order valence-corrected chi connectivity index (χ4v) is 3.36. The molecule has 0 aliphatic carbocycles. The molecule has 6 nitrogen and oxygen atoms in total. The van der Waals surface area contributed by atoms with Gasteiger partial charge in [-0.15, -0.1) is 0 Å². The number of nitrogens with one attached hydrogen (secondary N) is 1. The van der Waals surface area contributed by atoms with E-state index in [4.69, 9.17) is 9.84 Å². The first-order valence-electron chi connectivity index (χ1n) is 8.04. The highest BCUT2D eigenvalue weighted by atomic mass is 16.6. The molecule has 0 saturated carbocycles. The highest BCUT2D eigenvalue weighted by Gasteiger charge is 2.41. The molecular weight excluding hydrogens is 296 g/mol. The Kier molecular flexibility index (Phi) is 4.52. The first-order chi connectivity index (χ1) is 11.0. The molecule has 1 aromatic carbocycles. The number of alkyl carbamates (subject to hydrolysis) is 1. The Bertz CT molecular complexity index is 587. The van der Waals surface area contributed by atoms with Crippen molar-refractivity contribution in [3.63, 3.8) is 0 Å². The number of carbonyl (C=O) groups is 2. The van der Waals surface area contributed by atoms with Crippen LogP contribution in [-0.2, 0) is 22.5 Å². The lowest BCUT2D eigenvalue weighted by Crippen LogP contribution is -2.34.